The zero-order valence-electron chi connectivity index (χ0n) is 8.90. The Labute approximate surface area is 92.8 Å². The molecule has 0 saturated carbocycles. The van der Waals surface area contributed by atoms with Gasteiger partial charge < -0.3 is 9.84 Å². The average molecular weight is 220 g/mol. The first-order chi connectivity index (χ1) is 7.63. The normalized spacial score (nSPS) is 18.8. The lowest BCUT2D eigenvalue weighted by Gasteiger charge is -2.25. The molecule has 16 heavy (non-hydrogen) atoms. The Bertz CT molecular complexity index is 450. The number of ketones is 1. The van der Waals surface area contributed by atoms with Gasteiger partial charge in [-0.2, -0.15) is 0 Å². The van der Waals surface area contributed by atoms with Gasteiger partial charge in [0, 0.05) is 6.42 Å². The number of hydrogen-bond donors (Lipinski definition) is 1. The number of rotatable bonds is 2. The number of aromatic carboxylic acids is 1. The molecule has 1 N–H and O–H groups in total. The van der Waals surface area contributed by atoms with Crippen LogP contribution in [-0.2, 0) is 0 Å². The maximum Gasteiger partial charge on any atom is 0.336 e. The molecule has 2 rings (SSSR count). The van der Waals surface area contributed by atoms with Crippen LogP contribution in [0, 0.1) is 0 Å². The van der Waals surface area contributed by atoms with Crippen LogP contribution in [0.2, 0.25) is 0 Å². The lowest BCUT2D eigenvalue weighted by Crippen LogP contribution is -2.27. The molecule has 0 radical (unpaired) electrons. The summed E-state index contributed by atoms with van der Waals surface area (Å²) in [5.74, 6) is -0.849. The highest BCUT2D eigenvalue weighted by molar-refractivity contribution is 6.08. The number of carbonyl (C=O) groups is 2. The van der Waals surface area contributed by atoms with Gasteiger partial charge in [0.1, 0.15) is 11.9 Å². The van der Waals surface area contributed by atoms with Crippen LogP contribution < -0.4 is 4.74 Å². The predicted octanol–water partition coefficient (Wildman–Crippen LogP) is 2.13. The maximum atomic E-state index is 11.8. The molecule has 0 amide bonds. The first kappa shape index (κ1) is 10.7. The lowest BCUT2D eigenvalue weighted by molar-refractivity contribution is 0.0681. The molecule has 1 aliphatic heterocycles. The van der Waals surface area contributed by atoms with E-state index in [1.54, 1.807) is 12.1 Å². The van der Waals surface area contributed by atoms with Crippen molar-refractivity contribution in [3.8, 4) is 5.75 Å². The number of hydrogen-bond acceptors (Lipinski definition) is 3. The van der Waals surface area contributed by atoms with Crippen molar-refractivity contribution in [1.82, 2.24) is 0 Å². The van der Waals surface area contributed by atoms with Gasteiger partial charge in [0.15, 0.2) is 5.78 Å². The Morgan fingerprint density at radius 2 is 2.31 bits per heavy atom. The van der Waals surface area contributed by atoms with E-state index in [-0.39, 0.29) is 29.4 Å². The lowest BCUT2D eigenvalue weighted by atomic mass is 9.95. The zero-order chi connectivity index (χ0) is 11.7. The molecule has 0 bridgehead atoms. The van der Waals surface area contributed by atoms with Crippen LogP contribution in [-0.4, -0.2) is 23.0 Å². The molecule has 1 unspecified atom stereocenters. The summed E-state index contributed by atoms with van der Waals surface area (Å²) in [7, 11) is 0. The van der Waals surface area contributed by atoms with Crippen molar-refractivity contribution in [1.29, 1.82) is 0 Å². The SMILES string of the molecule is CCC1CC(=O)c2c(cccc2C(=O)O)O1. The van der Waals surface area contributed by atoms with Gasteiger partial charge in [-0.15, -0.1) is 0 Å². The number of fused-ring (bicyclic) bond motifs is 1. The number of benzene rings is 1. The van der Waals surface area contributed by atoms with Crippen molar-refractivity contribution in [2.24, 2.45) is 0 Å². The monoisotopic (exact) mass is 220 g/mol. The van der Waals surface area contributed by atoms with E-state index in [9.17, 15) is 9.59 Å². The quantitative estimate of drug-likeness (QED) is 0.829. The molecule has 4 heteroatoms. The predicted molar refractivity (Wildman–Crippen MR) is 57.1 cm³/mol. The summed E-state index contributed by atoms with van der Waals surface area (Å²) in [6, 6.07) is 4.66. The minimum atomic E-state index is -1.09. The third-order valence-corrected chi connectivity index (χ3v) is 2.70. The molecule has 0 aromatic heterocycles. The van der Waals surface area contributed by atoms with Gasteiger partial charge in [0.2, 0.25) is 0 Å². The molecule has 84 valence electrons. The number of carboxylic acid groups (broad SMARTS) is 1. The van der Waals surface area contributed by atoms with E-state index < -0.39 is 5.97 Å². The fraction of sp³-hybridized carbons (Fsp3) is 0.333. The van der Waals surface area contributed by atoms with Gasteiger partial charge in [0.25, 0.3) is 0 Å². The van der Waals surface area contributed by atoms with Crippen molar-refractivity contribution >= 4 is 11.8 Å². The Morgan fingerprint density at radius 1 is 1.56 bits per heavy atom. The fourth-order valence-electron chi connectivity index (χ4n) is 1.85. The minimum absolute atomic E-state index is 0.0250. The first-order valence-corrected chi connectivity index (χ1v) is 5.19. The molecular weight excluding hydrogens is 208 g/mol. The van der Waals surface area contributed by atoms with Crippen LogP contribution in [0.25, 0.3) is 0 Å². The summed E-state index contributed by atoms with van der Waals surface area (Å²) < 4.78 is 5.56. The highest BCUT2D eigenvalue weighted by Gasteiger charge is 2.29. The van der Waals surface area contributed by atoms with Crippen molar-refractivity contribution in [3.63, 3.8) is 0 Å². The molecule has 1 aliphatic rings. The summed E-state index contributed by atoms with van der Waals surface area (Å²) in [6.45, 7) is 1.93. The van der Waals surface area contributed by atoms with Gasteiger partial charge >= 0.3 is 5.97 Å². The molecule has 0 fully saturated rings. The van der Waals surface area contributed by atoms with Crippen LogP contribution >= 0.6 is 0 Å². The second-order valence-electron chi connectivity index (χ2n) is 3.76. The molecule has 4 nitrogen and oxygen atoms in total. The molecule has 1 aromatic rings. The average Bonchev–Trinajstić information content (AvgIpc) is 2.27. The highest BCUT2D eigenvalue weighted by atomic mass is 16.5. The van der Waals surface area contributed by atoms with Crippen LogP contribution in [0.5, 0.6) is 5.75 Å². The summed E-state index contributed by atoms with van der Waals surface area (Å²) in [4.78, 5) is 22.8. The van der Waals surface area contributed by atoms with Crippen molar-refractivity contribution in [2.45, 2.75) is 25.9 Å². The van der Waals surface area contributed by atoms with E-state index in [1.807, 2.05) is 6.92 Å². The molecule has 0 spiro atoms. The molecule has 1 heterocycles. The second-order valence-corrected chi connectivity index (χ2v) is 3.76. The van der Waals surface area contributed by atoms with Gasteiger partial charge in [-0.05, 0) is 18.6 Å². The van der Waals surface area contributed by atoms with E-state index in [2.05, 4.69) is 0 Å². The maximum absolute atomic E-state index is 11.8. The van der Waals surface area contributed by atoms with Crippen LogP contribution in [0.15, 0.2) is 18.2 Å². The number of carboxylic acids is 1. The number of Topliss-reactive ketones (excluding diaryl/α,β-unsaturated/α-hetero) is 1. The van der Waals surface area contributed by atoms with E-state index in [0.29, 0.717) is 5.75 Å². The van der Waals surface area contributed by atoms with Gasteiger partial charge in [-0.25, -0.2) is 4.79 Å². The van der Waals surface area contributed by atoms with Crippen LogP contribution in [0.4, 0.5) is 0 Å². The fourth-order valence-corrected chi connectivity index (χ4v) is 1.85. The zero-order valence-corrected chi connectivity index (χ0v) is 8.90. The van der Waals surface area contributed by atoms with Crippen LogP contribution in [0.3, 0.4) is 0 Å². The van der Waals surface area contributed by atoms with Gasteiger partial charge in [-0.3, -0.25) is 4.79 Å². The smallest absolute Gasteiger partial charge is 0.336 e. The molecule has 0 aliphatic carbocycles. The molecule has 1 aromatic carbocycles. The summed E-state index contributed by atoms with van der Waals surface area (Å²) in [6.07, 6.45) is 0.861. The molecular formula is C12H12O4. The van der Waals surface area contributed by atoms with Crippen molar-refractivity contribution in [2.75, 3.05) is 0 Å². The second kappa shape index (κ2) is 3.96. The molecule has 0 saturated heterocycles. The van der Waals surface area contributed by atoms with E-state index in [1.165, 1.54) is 6.07 Å². The standard InChI is InChI=1S/C12H12O4/c1-2-7-6-9(13)11-8(12(14)15)4-3-5-10(11)16-7/h3-5,7H,2,6H2,1H3,(H,14,15). The Balaban J connectivity index is 2.51. The van der Waals surface area contributed by atoms with Crippen molar-refractivity contribution < 1.29 is 19.4 Å². The molecule has 1 atom stereocenters. The third-order valence-electron chi connectivity index (χ3n) is 2.70. The van der Waals surface area contributed by atoms with Crippen LogP contribution in [0.1, 0.15) is 40.5 Å². The number of carbonyl (C=O) groups excluding carboxylic acids is 1. The van der Waals surface area contributed by atoms with Gasteiger partial charge in [-0.1, -0.05) is 13.0 Å². The summed E-state index contributed by atoms with van der Waals surface area (Å²) in [5, 5.41) is 8.97. The largest absolute Gasteiger partial charge is 0.489 e. The minimum Gasteiger partial charge on any atom is -0.489 e. The van der Waals surface area contributed by atoms with E-state index in [0.717, 1.165) is 6.42 Å². The highest BCUT2D eigenvalue weighted by Crippen LogP contribution is 2.31. The summed E-state index contributed by atoms with van der Waals surface area (Å²) in [5.41, 5.74) is 0.233. The number of ether oxygens (including phenoxy) is 1. The first-order valence-electron chi connectivity index (χ1n) is 5.19. The Hall–Kier alpha value is -1.84. The topological polar surface area (TPSA) is 63.6 Å². The Morgan fingerprint density at radius 3 is 2.94 bits per heavy atom. The van der Waals surface area contributed by atoms with Crippen molar-refractivity contribution in [3.05, 3.63) is 29.3 Å². The summed E-state index contributed by atoms with van der Waals surface area (Å²) >= 11 is 0. The van der Waals surface area contributed by atoms with E-state index >= 15 is 0 Å². The van der Waals surface area contributed by atoms with E-state index in [4.69, 9.17) is 9.84 Å². The third kappa shape index (κ3) is 1.66. The Kier molecular flexibility index (Phi) is 2.64. The van der Waals surface area contributed by atoms with Gasteiger partial charge in [0.05, 0.1) is 11.1 Å².